The molecule has 1 N–H and O–H groups in total. The lowest BCUT2D eigenvalue weighted by Crippen LogP contribution is -2.35. The van der Waals surface area contributed by atoms with Crippen molar-refractivity contribution in [2.45, 2.75) is 20.0 Å². The van der Waals surface area contributed by atoms with Crippen LogP contribution in [0.5, 0.6) is 0 Å². The zero-order valence-corrected chi connectivity index (χ0v) is 15.0. The first kappa shape index (κ1) is 17.9. The molecule has 5 heteroatoms. The van der Waals surface area contributed by atoms with Crippen molar-refractivity contribution in [2.75, 3.05) is 13.1 Å². The van der Waals surface area contributed by atoms with E-state index in [1.165, 1.54) is 0 Å². The van der Waals surface area contributed by atoms with Gasteiger partial charge < -0.3 is 10.0 Å². The maximum absolute atomic E-state index is 13.0. The first-order chi connectivity index (χ1) is 12.6. The van der Waals surface area contributed by atoms with Gasteiger partial charge in [-0.05, 0) is 31.5 Å². The van der Waals surface area contributed by atoms with Gasteiger partial charge in [0.2, 0.25) is 0 Å². The zero-order valence-electron chi connectivity index (χ0n) is 15.0. The van der Waals surface area contributed by atoms with Gasteiger partial charge in [0, 0.05) is 12.2 Å². The van der Waals surface area contributed by atoms with E-state index in [1.807, 2.05) is 68.4 Å². The summed E-state index contributed by atoms with van der Waals surface area (Å²) in [4.78, 5) is 18.8. The number of nitrogens with zero attached hydrogens (tertiary/aromatic N) is 3. The second kappa shape index (κ2) is 7.97. The molecule has 0 fully saturated rings. The van der Waals surface area contributed by atoms with Gasteiger partial charge in [0.25, 0.3) is 5.91 Å². The highest BCUT2D eigenvalue weighted by molar-refractivity contribution is 5.93. The molecular formula is C21H23N3O2. The first-order valence-electron chi connectivity index (χ1n) is 8.71. The molecule has 1 heterocycles. The lowest BCUT2D eigenvalue weighted by molar-refractivity contribution is 0.0627. The van der Waals surface area contributed by atoms with Crippen LogP contribution in [0.1, 0.15) is 34.6 Å². The normalized spacial score (nSPS) is 12.0. The second-order valence-electron chi connectivity index (χ2n) is 6.25. The molecule has 0 radical (unpaired) electrons. The number of aromatic nitrogens is 2. The molecule has 1 amide bonds. The Morgan fingerprint density at radius 3 is 2.50 bits per heavy atom. The summed E-state index contributed by atoms with van der Waals surface area (Å²) in [5.74, 6) is -0.153. The SMILES string of the molecule is CCN(CC(O)c1ccc(C)cc1)C(=O)c1cncn1-c1ccccc1. The van der Waals surface area contributed by atoms with E-state index in [1.54, 1.807) is 22.0 Å². The molecule has 0 aliphatic heterocycles. The number of carbonyl (C=O) groups excluding carboxylic acids is 1. The number of likely N-dealkylation sites (N-methyl/N-ethyl adjacent to an activating group) is 1. The van der Waals surface area contributed by atoms with Crippen molar-refractivity contribution in [3.63, 3.8) is 0 Å². The van der Waals surface area contributed by atoms with Crippen LogP contribution in [-0.2, 0) is 0 Å². The summed E-state index contributed by atoms with van der Waals surface area (Å²) >= 11 is 0. The quantitative estimate of drug-likeness (QED) is 0.742. The van der Waals surface area contributed by atoms with E-state index in [-0.39, 0.29) is 12.5 Å². The average molecular weight is 349 g/mol. The largest absolute Gasteiger partial charge is 0.387 e. The van der Waals surface area contributed by atoms with Crippen LogP contribution in [0.4, 0.5) is 0 Å². The van der Waals surface area contributed by atoms with Crippen LogP contribution in [0.3, 0.4) is 0 Å². The van der Waals surface area contributed by atoms with E-state index < -0.39 is 6.10 Å². The molecule has 3 aromatic rings. The summed E-state index contributed by atoms with van der Waals surface area (Å²) in [6, 6.07) is 17.3. The predicted molar refractivity (Wildman–Crippen MR) is 101 cm³/mol. The fourth-order valence-electron chi connectivity index (χ4n) is 2.87. The molecule has 0 aliphatic carbocycles. The van der Waals surface area contributed by atoms with Gasteiger partial charge in [-0.25, -0.2) is 4.98 Å². The van der Waals surface area contributed by atoms with Crippen LogP contribution in [0.25, 0.3) is 5.69 Å². The lowest BCUT2D eigenvalue weighted by atomic mass is 10.1. The molecule has 2 aromatic carbocycles. The van der Waals surface area contributed by atoms with E-state index in [4.69, 9.17) is 0 Å². The highest BCUT2D eigenvalue weighted by Gasteiger charge is 2.22. The Labute approximate surface area is 153 Å². The van der Waals surface area contributed by atoms with Gasteiger partial charge in [0.05, 0.1) is 25.2 Å². The Kier molecular flexibility index (Phi) is 5.49. The molecule has 1 unspecified atom stereocenters. The van der Waals surface area contributed by atoms with Crippen molar-refractivity contribution in [1.82, 2.24) is 14.5 Å². The highest BCUT2D eigenvalue weighted by Crippen LogP contribution is 2.18. The van der Waals surface area contributed by atoms with Gasteiger partial charge in [0.1, 0.15) is 5.69 Å². The minimum atomic E-state index is -0.729. The standard InChI is InChI=1S/C21H23N3O2/c1-3-23(14-20(25)17-11-9-16(2)10-12-17)21(26)19-13-22-15-24(19)18-7-5-4-6-8-18/h4-13,15,20,25H,3,14H2,1-2H3. The fraction of sp³-hybridized carbons (Fsp3) is 0.238. The third-order valence-electron chi connectivity index (χ3n) is 4.42. The second-order valence-corrected chi connectivity index (χ2v) is 6.25. The lowest BCUT2D eigenvalue weighted by Gasteiger charge is -2.24. The summed E-state index contributed by atoms with van der Waals surface area (Å²) in [5.41, 5.74) is 3.30. The number of hydrogen-bond donors (Lipinski definition) is 1. The van der Waals surface area contributed by atoms with Gasteiger partial charge in [-0.3, -0.25) is 9.36 Å². The zero-order chi connectivity index (χ0) is 18.5. The topological polar surface area (TPSA) is 58.4 Å². The molecule has 1 aromatic heterocycles. The van der Waals surface area contributed by atoms with Gasteiger partial charge in [0.15, 0.2) is 0 Å². The van der Waals surface area contributed by atoms with Gasteiger partial charge in [-0.15, -0.1) is 0 Å². The Bertz CT molecular complexity index is 856. The number of imidazole rings is 1. The third kappa shape index (κ3) is 3.83. The Balaban J connectivity index is 1.80. The molecule has 0 saturated carbocycles. The van der Waals surface area contributed by atoms with Crippen LogP contribution in [0.15, 0.2) is 67.1 Å². The van der Waals surface area contributed by atoms with E-state index >= 15 is 0 Å². The Morgan fingerprint density at radius 1 is 1.15 bits per heavy atom. The fourth-order valence-corrected chi connectivity index (χ4v) is 2.87. The van der Waals surface area contributed by atoms with Crippen molar-refractivity contribution in [3.8, 4) is 5.69 Å². The molecule has 1 atom stereocenters. The molecule has 3 rings (SSSR count). The Morgan fingerprint density at radius 2 is 1.85 bits per heavy atom. The van der Waals surface area contributed by atoms with Crippen LogP contribution >= 0.6 is 0 Å². The van der Waals surface area contributed by atoms with E-state index in [0.29, 0.717) is 12.2 Å². The van der Waals surface area contributed by atoms with E-state index in [2.05, 4.69) is 4.98 Å². The van der Waals surface area contributed by atoms with Crippen molar-refractivity contribution in [2.24, 2.45) is 0 Å². The summed E-state index contributed by atoms with van der Waals surface area (Å²) in [6.45, 7) is 4.64. The van der Waals surface area contributed by atoms with E-state index in [9.17, 15) is 9.90 Å². The molecular weight excluding hydrogens is 326 g/mol. The number of para-hydroxylation sites is 1. The maximum Gasteiger partial charge on any atom is 0.272 e. The number of aliphatic hydroxyl groups is 1. The van der Waals surface area contributed by atoms with Crippen molar-refractivity contribution < 1.29 is 9.90 Å². The molecule has 134 valence electrons. The summed E-state index contributed by atoms with van der Waals surface area (Å²) in [7, 11) is 0. The number of benzene rings is 2. The summed E-state index contributed by atoms with van der Waals surface area (Å²) in [6.07, 6.45) is 2.47. The van der Waals surface area contributed by atoms with Gasteiger partial charge in [-0.2, -0.15) is 0 Å². The minimum absolute atomic E-state index is 0.153. The number of carbonyl (C=O) groups is 1. The highest BCUT2D eigenvalue weighted by atomic mass is 16.3. The number of rotatable bonds is 6. The van der Waals surface area contributed by atoms with Crippen LogP contribution < -0.4 is 0 Å². The van der Waals surface area contributed by atoms with Gasteiger partial charge >= 0.3 is 0 Å². The summed E-state index contributed by atoms with van der Waals surface area (Å²) in [5, 5.41) is 10.5. The number of amides is 1. The number of aliphatic hydroxyl groups excluding tert-OH is 1. The number of aryl methyl sites for hydroxylation is 1. The average Bonchev–Trinajstić information content (AvgIpc) is 3.16. The first-order valence-corrected chi connectivity index (χ1v) is 8.71. The number of hydrogen-bond acceptors (Lipinski definition) is 3. The van der Waals surface area contributed by atoms with E-state index in [0.717, 1.165) is 16.8 Å². The van der Waals surface area contributed by atoms with Crippen LogP contribution in [0.2, 0.25) is 0 Å². The van der Waals surface area contributed by atoms with Gasteiger partial charge in [-0.1, -0.05) is 48.0 Å². The molecule has 5 nitrogen and oxygen atoms in total. The predicted octanol–water partition coefficient (Wildman–Crippen LogP) is 3.38. The molecule has 26 heavy (non-hydrogen) atoms. The monoisotopic (exact) mass is 349 g/mol. The van der Waals surface area contributed by atoms with Crippen molar-refractivity contribution in [3.05, 3.63) is 83.9 Å². The maximum atomic E-state index is 13.0. The molecule has 0 spiro atoms. The Hall–Kier alpha value is -2.92. The molecule has 0 aliphatic rings. The minimum Gasteiger partial charge on any atom is -0.387 e. The molecule has 0 saturated heterocycles. The smallest absolute Gasteiger partial charge is 0.272 e. The van der Waals surface area contributed by atoms with Crippen molar-refractivity contribution in [1.29, 1.82) is 0 Å². The van der Waals surface area contributed by atoms with Crippen LogP contribution in [0, 0.1) is 6.92 Å². The molecule has 0 bridgehead atoms. The third-order valence-corrected chi connectivity index (χ3v) is 4.42. The van der Waals surface area contributed by atoms with Crippen LogP contribution in [-0.4, -0.2) is 38.6 Å². The van der Waals surface area contributed by atoms with Crippen molar-refractivity contribution >= 4 is 5.91 Å². The summed E-state index contributed by atoms with van der Waals surface area (Å²) < 4.78 is 1.77.